The van der Waals surface area contributed by atoms with Crippen molar-refractivity contribution in [3.63, 3.8) is 0 Å². The highest BCUT2D eigenvalue weighted by Crippen LogP contribution is 2.02. The molecule has 0 spiro atoms. The van der Waals surface area contributed by atoms with E-state index in [1.165, 1.54) is 7.05 Å². The summed E-state index contributed by atoms with van der Waals surface area (Å²) in [6.07, 6.45) is 0. The van der Waals surface area contributed by atoms with E-state index in [0.717, 1.165) is 4.68 Å². The maximum absolute atomic E-state index is 12.3. The van der Waals surface area contributed by atoms with Crippen molar-refractivity contribution in [2.24, 2.45) is 7.05 Å². The molecular weight excluding hydrogens is 224 g/mol. The molecule has 0 aromatic carbocycles. The maximum Gasteiger partial charge on any atom is 0.245 e. The van der Waals surface area contributed by atoms with Gasteiger partial charge in [-0.25, -0.2) is 4.68 Å². The summed E-state index contributed by atoms with van der Waals surface area (Å²) in [6, 6.07) is 0. The first-order valence-electron chi connectivity index (χ1n) is 1.92. The summed E-state index contributed by atoms with van der Waals surface area (Å²) >= 11 is 1.78. The second-order valence-corrected chi connectivity index (χ2v) is 2.32. The molecule has 1 heterocycles. The fourth-order valence-electron chi connectivity index (χ4n) is 0.320. The van der Waals surface area contributed by atoms with Gasteiger partial charge in [0.25, 0.3) is 0 Å². The molecule has 0 N–H and O–H groups in total. The second kappa shape index (κ2) is 1.96. The number of hydrogen-bond acceptors (Lipinski definition) is 2. The van der Waals surface area contributed by atoms with Crippen LogP contribution in [-0.2, 0) is 7.05 Å². The van der Waals surface area contributed by atoms with E-state index < -0.39 is 0 Å². The molecule has 1 aromatic heterocycles. The quantitative estimate of drug-likeness (QED) is 0.606. The summed E-state index contributed by atoms with van der Waals surface area (Å²) in [5.41, 5.74) is 0. The molecule has 0 bridgehead atoms. The number of nitrogens with zero attached hydrogens (tertiary/aromatic N) is 3. The number of rotatable bonds is 0. The summed E-state index contributed by atoms with van der Waals surface area (Å²) in [5, 5.41) is 6.84. The van der Waals surface area contributed by atoms with Crippen molar-refractivity contribution in [1.29, 1.82) is 0 Å². The summed E-state index contributed by atoms with van der Waals surface area (Å²) in [6.45, 7) is 0. The Kier molecular flexibility index (Phi) is 1.45. The Labute approximate surface area is 59.0 Å². The Morgan fingerprint density at radius 3 is 2.50 bits per heavy atom. The van der Waals surface area contributed by atoms with Crippen LogP contribution in [0.1, 0.15) is 0 Å². The molecule has 8 heavy (non-hydrogen) atoms. The van der Waals surface area contributed by atoms with E-state index in [2.05, 4.69) is 10.3 Å². The lowest BCUT2D eigenvalue weighted by Gasteiger charge is -1.82. The van der Waals surface area contributed by atoms with Gasteiger partial charge in [0.05, 0.1) is 0 Å². The van der Waals surface area contributed by atoms with Gasteiger partial charge in [0, 0.05) is 7.05 Å². The maximum atomic E-state index is 12.3. The molecular formula is C3H3FIN3. The average Bonchev–Trinajstić information content (AvgIpc) is 1.98. The van der Waals surface area contributed by atoms with Crippen molar-refractivity contribution in [2.45, 2.75) is 0 Å². The molecule has 3 nitrogen and oxygen atoms in total. The lowest BCUT2D eigenvalue weighted by molar-refractivity contribution is 0.497. The third-order valence-electron chi connectivity index (χ3n) is 0.721. The molecule has 44 valence electrons. The first kappa shape index (κ1) is 5.93. The van der Waals surface area contributed by atoms with E-state index in [4.69, 9.17) is 0 Å². The molecule has 0 aliphatic carbocycles. The van der Waals surface area contributed by atoms with E-state index in [9.17, 15) is 4.39 Å². The van der Waals surface area contributed by atoms with Gasteiger partial charge in [-0.1, -0.05) is 5.21 Å². The molecule has 0 aliphatic heterocycles. The zero-order chi connectivity index (χ0) is 6.15. The Morgan fingerprint density at radius 1 is 1.75 bits per heavy atom. The summed E-state index contributed by atoms with van der Waals surface area (Å²) in [4.78, 5) is 0. The van der Waals surface area contributed by atoms with Crippen molar-refractivity contribution in [2.75, 3.05) is 0 Å². The van der Waals surface area contributed by atoms with Crippen LogP contribution >= 0.6 is 22.6 Å². The molecule has 0 radical (unpaired) electrons. The van der Waals surface area contributed by atoms with Gasteiger partial charge in [0.1, 0.15) is 0 Å². The molecule has 0 atom stereocenters. The molecule has 1 aromatic rings. The fourth-order valence-corrected chi connectivity index (χ4v) is 0.766. The van der Waals surface area contributed by atoms with Crippen LogP contribution in [0.5, 0.6) is 0 Å². The van der Waals surface area contributed by atoms with Crippen LogP contribution in [0.4, 0.5) is 4.39 Å². The Hall–Kier alpha value is -0.200. The number of halogens is 2. The van der Waals surface area contributed by atoms with Crippen LogP contribution < -0.4 is 0 Å². The smallest absolute Gasteiger partial charge is 0.222 e. The third kappa shape index (κ3) is 0.816. The van der Waals surface area contributed by atoms with E-state index in [0.29, 0.717) is 3.70 Å². The van der Waals surface area contributed by atoms with Crippen molar-refractivity contribution in [3.8, 4) is 0 Å². The minimum absolute atomic E-state index is 0.310. The first-order chi connectivity index (χ1) is 3.72. The molecule has 0 fully saturated rings. The third-order valence-corrected chi connectivity index (χ3v) is 1.38. The molecule has 1 rings (SSSR count). The first-order valence-corrected chi connectivity index (χ1v) is 3.00. The van der Waals surface area contributed by atoms with Crippen LogP contribution in [0.2, 0.25) is 0 Å². The molecule has 5 heteroatoms. The average molecular weight is 227 g/mol. The van der Waals surface area contributed by atoms with E-state index >= 15 is 0 Å². The van der Waals surface area contributed by atoms with Gasteiger partial charge in [-0.2, -0.15) is 4.39 Å². The minimum Gasteiger partial charge on any atom is -0.222 e. The van der Waals surface area contributed by atoms with E-state index in [1.54, 1.807) is 22.6 Å². The lowest BCUT2D eigenvalue weighted by atomic mass is 10.9. The molecule has 0 amide bonds. The monoisotopic (exact) mass is 227 g/mol. The fraction of sp³-hybridized carbons (Fsp3) is 0.333. The summed E-state index contributed by atoms with van der Waals surface area (Å²) in [5.74, 6) is -0.384. The van der Waals surface area contributed by atoms with Gasteiger partial charge in [-0.15, -0.1) is 5.10 Å². The lowest BCUT2D eigenvalue weighted by Crippen LogP contribution is -1.93. The molecule has 0 saturated carbocycles. The van der Waals surface area contributed by atoms with E-state index in [1.807, 2.05) is 0 Å². The zero-order valence-electron chi connectivity index (χ0n) is 4.10. The van der Waals surface area contributed by atoms with Gasteiger partial charge in [-0.05, 0) is 22.6 Å². The van der Waals surface area contributed by atoms with Gasteiger partial charge < -0.3 is 0 Å². The van der Waals surface area contributed by atoms with Gasteiger partial charge in [0.2, 0.25) is 5.95 Å². The zero-order valence-corrected chi connectivity index (χ0v) is 6.26. The van der Waals surface area contributed by atoms with Crippen LogP contribution in [-0.4, -0.2) is 15.0 Å². The predicted octanol–water partition coefficient (Wildman–Crippen LogP) is 0.559. The highest BCUT2D eigenvalue weighted by atomic mass is 127. The Balaban J connectivity index is 3.19. The van der Waals surface area contributed by atoms with Crippen molar-refractivity contribution >= 4 is 22.6 Å². The highest BCUT2D eigenvalue weighted by Gasteiger charge is 2.03. The molecule has 0 saturated heterocycles. The molecule has 0 aliphatic rings. The second-order valence-electron chi connectivity index (χ2n) is 1.29. The van der Waals surface area contributed by atoms with Gasteiger partial charge in [0.15, 0.2) is 3.70 Å². The number of aromatic nitrogens is 3. The standard InChI is InChI=1S/C3H3FIN3/c1-8-2(4)3(5)6-7-8/h1H3. The predicted molar refractivity (Wildman–Crippen MR) is 33.7 cm³/mol. The summed E-state index contributed by atoms with van der Waals surface area (Å²) < 4.78 is 13.7. The van der Waals surface area contributed by atoms with Crippen molar-refractivity contribution in [1.82, 2.24) is 15.0 Å². The molecule has 0 unspecified atom stereocenters. The normalized spacial score (nSPS) is 9.88. The van der Waals surface area contributed by atoms with Crippen molar-refractivity contribution < 1.29 is 4.39 Å². The minimum atomic E-state index is -0.384. The van der Waals surface area contributed by atoms with Crippen LogP contribution in [0.25, 0.3) is 0 Å². The van der Waals surface area contributed by atoms with Crippen LogP contribution in [0.3, 0.4) is 0 Å². The summed E-state index contributed by atoms with van der Waals surface area (Å²) in [7, 11) is 1.50. The Bertz CT molecular complexity index is 177. The Morgan fingerprint density at radius 2 is 2.38 bits per heavy atom. The number of hydrogen-bond donors (Lipinski definition) is 0. The van der Waals surface area contributed by atoms with Gasteiger partial charge >= 0.3 is 0 Å². The van der Waals surface area contributed by atoms with Crippen LogP contribution in [0, 0.1) is 9.65 Å². The number of aryl methyl sites for hydroxylation is 1. The highest BCUT2D eigenvalue weighted by molar-refractivity contribution is 14.1. The largest absolute Gasteiger partial charge is 0.245 e. The SMILES string of the molecule is Cn1nnc(I)c1F. The van der Waals surface area contributed by atoms with Crippen molar-refractivity contribution in [3.05, 3.63) is 9.65 Å². The topological polar surface area (TPSA) is 30.7 Å². The van der Waals surface area contributed by atoms with Gasteiger partial charge in [-0.3, -0.25) is 0 Å². The van der Waals surface area contributed by atoms with Crippen LogP contribution in [0.15, 0.2) is 0 Å². The van der Waals surface area contributed by atoms with E-state index in [-0.39, 0.29) is 5.95 Å².